The maximum Gasteiger partial charge on any atom is 0.407 e. The summed E-state index contributed by atoms with van der Waals surface area (Å²) in [7, 11) is -3.99. The number of carbonyl (C=O) groups is 1. The van der Waals surface area contributed by atoms with Crippen molar-refractivity contribution >= 4 is 16.1 Å². The van der Waals surface area contributed by atoms with Crippen LogP contribution in [-0.2, 0) is 30.7 Å². The first-order valence-electron chi connectivity index (χ1n) is 14.5. The monoisotopic (exact) mass is 613 g/mol. The van der Waals surface area contributed by atoms with E-state index in [1.54, 1.807) is 19.1 Å². The SMILES string of the molecule is Cc1nc(-c2ccc(S(=O)(=O)N(CC(C)C)C[C@@H](O)[C@H](Cc3ccccc3)NC(=O)O[C@H]3CO[C@H]4OCC[C@H]43)cc2)co1. The van der Waals surface area contributed by atoms with Crippen molar-refractivity contribution < 1.29 is 36.9 Å². The predicted octanol–water partition coefficient (Wildman–Crippen LogP) is 3.76. The van der Waals surface area contributed by atoms with E-state index in [2.05, 4.69) is 10.3 Å². The molecule has 1 amide bonds. The normalized spacial score (nSPS) is 21.6. The molecule has 2 N–H and O–H groups in total. The number of oxazole rings is 1. The summed E-state index contributed by atoms with van der Waals surface area (Å²) in [6.07, 6.45) is -0.227. The van der Waals surface area contributed by atoms with Gasteiger partial charge < -0.3 is 29.1 Å². The first-order valence-corrected chi connectivity index (χ1v) is 16.0. The van der Waals surface area contributed by atoms with Gasteiger partial charge in [-0.2, -0.15) is 4.31 Å². The Morgan fingerprint density at radius 2 is 1.86 bits per heavy atom. The number of aromatic nitrogens is 1. The molecule has 5 rings (SSSR count). The number of rotatable bonds is 12. The van der Waals surface area contributed by atoms with Gasteiger partial charge in [-0.3, -0.25) is 0 Å². The minimum absolute atomic E-state index is 0.0196. The Bertz CT molecular complexity index is 1460. The van der Waals surface area contributed by atoms with Crippen LogP contribution in [0.25, 0.3) is 11.3 Å². The van der Waals surface area contributed by atoms with E-state index in [-0.39, 0.29) is 49.1 Å². The van der Waals surface area contributed by atoms with Gasteiger partial charge in [0.15, 0.2) is 12.2 Å². The molecule has 3 aromatic rings. The molecular formula is C31H39N3O8S. The van der Waals surface area contributed by atoms with Crippen LogP contribution in [0.15, 0.2) is 70.2 Å². The third-order valence-corrected chi connectivity index (χ3v) is 9.52. The molecule has 0 unspecified atom stereocenters. The van der Waals surface area contributed by atoms with E-state index in [0.29, 0.717) is 18.2 Å². The number of nitrogens with zero attached hydrogens (tertiary/aromatic N) is 2. The molecule has 11 nitrogen and oxygen atoms in total. The van der Waals surface area contributed by atoms with E-state index in [4.69, 9.17) is 18.6 Å². The smallest absolute Gasteiger partial charge is 0.407 e. The Labute approximate surface area is 252 Å². The summed E-state index contributed by atoms with van der Waals surface area (Å²) in [5.74, 6) is 0.461. The van der Waals surface area contributed by atoms with Crippen LogP contribution in [0.1, 0.15) is 31.7 Å². The molecule has 2 aromatic carbocycles. The summed E-state index contributed by atoms with van der Waals surface area (Å²) >= 11 is 0. The van der Waals surface area contributed by atoms with Crippen molar-refractivity contribution in [3.8, 4) is 11.3 Å². The molecule has 2 aliphatic rings. The van der Waals surface area contributed by atoms with E-state index in [0.717, 1.165) is 17.5 Å². The maximum atomic E-state index is 13.8. The first-order chi connectivity index (χ1) is 20.6. The lowest BCUT2D eigenvalue weighted by molar-refractivity contribution is -0.0907. The van der Waals surface area contributed by atoms with Crippen molar-refractivity contribution in [1.29, 1.82) is 0 Å². The highest BCUT2D eigenvalue weighted by atomic mass is 32.2. The zero-order valence-corrected chi connectivity index (χ0v) is 25.4. The minimum Gasteiger partial charge on any atom is -0.449 e. The third kappa shape index (κ3) is 7.63. The fourth-order valence-corrected chi connectivity index (χ4v) is 7.10. The quantitative estimate of drug-likeness (QED) is 0.312. The van der Waals surface area contributed by atoms with E-state index in [1.165, 1.54) is 22.7 Å². The van der Waals surface area contributed by atoms with E-state index >= 15 is 0 Å². The number of alkyl carbamates (subject to hydrolysis) is 1. The van der Waals surface area contributed by atoms with Crippen LogP contribution in [0.4, 0.5) is 4.79 Å². The second-order valence-corrected chi connectivity index (χ2v) is 13.4. The van der Waals surface area contributed by atoms with Crippen molar-refractivity contribution in [2.75, 3.05) is 26.3 Å². The van der Waals surface area contributed by atoms with Crippen molar-refractivity contribution in [3.05, 3.63) is 72.3 Å². The highest BCUT2D eigenvalue weighted by Gasteiger charge is 2.44. The van der Waals surface area contributed by atoms with Gasteiger partial charge in [-0.05, 0) is 36.5 Å². The van der Waals surface area contributed by atoms with Gasteiger partial charge in [-0.25, -0.2) is 18.2 Å². The highest BCUT2D eigenvalue weighted by Crippen LogP contribution is 2.33. The van der Waals surface area contributed by atoms with Gasteiger partial charge in [0.1, 0.15) is 18.1 Å². The van der Waals surface area contributed by atoms with Crippen LogP contribution in [0.3, 0.4) is 0 Å². The number of benzene rings is 2. The number of aliphatic hydroxyl groups excluding tert-OH is 1. The second kappa shape index (κ2) is 13.6. The third-order valence-electron chi connectivity index (χ3n) is 7.68. The van der Waals surface area contributed by atoms with Crippen LogP contribution >= 0.6 is 0 Å². The Balaban J connectivity index is 1.32. The van der Waals surface area contributed by atoms with E-state index in [9.17, 15) is 18.3 Å². The molecule has 0 spiro atoms. The number of nitrogens with one attached hydrogen (secondary N) is 1. The lowest BCUT2D eigenvalue weighted by Gasteiger charge is -2.31. The van der Waals surface area contributed by atoms with Gasteiger partial charge in [-0.15, -0.1) is 0 Å². The minimum atomic E-state index is -3.99. The standard InChI is InChI=1S/C31H39N3O8S/c1-20(2)16-34(43(37,38)24-11-9-23(10-12-24)27-18-40-21(3)32-27)17-28(35)26(15-22-7-5-4-6-8-22)33-31(36)42-29-19-41-30-25(29)13-14-39-30/h4-12,18,20,25-26,28-30,35H,13-17,19H2,1-3H3,(H,33,36)/t25-,26-,28+,29-,30+/m0/s1. The molecule has 43 heavy (non-hydrogen) atoms. The number of amides is 1. The second-order valence-electron chi connectivity index (χ2n) is 11.5. The molecule has 0 saturated carbocycles. The van der Waals surface area contributed by atoms with Crippen molar-refractivity contribution in [3.63, 3.8) is 0 Å². The van der Waals surface area contributed by atoms with Gasteiger partial charge in [0.25, 0.3) is 0 Å². The van der Waals surface area contributed by atoms with Crippen molar-refractivity contribution in [2.24, 2.45) is 11.8 Å². The zero-order valence-electron chi connectivity index (χ0n) is 24.6. The highest BCUT2D eigenvalue weighted by molar-refractivity contribution is 7.89. The fraction of sp³-hybridized carbons (Fsp3) is 0.484. The number of sulfonamides is 1. The molecule has 0 radical (unpaired) electrons. The molecule has 2 aliphatic heterocycles. The Kier molecular flexibility index (Phi) is 9.82. The van der Waals surface area contributed by atoms with Crippen LogP contribution in [0, 0.1) is 18.8 Å². The molecule has 232 valence electrons. The number of aliphatic hydroxyl groups is 1. The topological polar surface area (TPSA) is 140 Å². The molecule has 1 aromatic heterocycles. The first kappa shape index (κ1) is 31.1. The summed E-state index contributed by atoms with van der Waals surface area (Å²) in [5, 5.41) is 14.3. The summed E-state index contributed by atoms with van der Waals surface area (Å²) < 4.78 is 51.0. The maximum absolute atomic E-state index is 13.8. The summed E-state index contributed by atoms with van der Waals surface area (Å²) in [4.78, 5) is 17.4. The summed E-state index contributed by atoms with van der Waals surface area (Å²) in [6, 6.07) is 15.0. The van der Waals surface area contributed by atoms with E-state index in [1.807, 2.05) is 44.2 Å². The molecule has 2 saturated heterocycles. The molecule has 12 heteroatoms. The Hall–Kier alpha value is -3.29. The number of fused-ring (bicyclic) bond motifs is 1. The van der Waals surface area contributed by atoms with Crippen LogP contribution in [0.2, 0.25) is 0 Å². The van der Waals surface area contributed by atoms with Crippen LogP contribution in [-0.4, -0.2) is 79.7 Å². The van der Waals surface area contributed by atoms with Gasteiger partial charge in [0, 0.05) is 25.6 Å². The molecular weight excluding hydrogens is 574 g/mol. The lowest BCUT2D eigenvalue weighted by Crippen LogP contribution is -2.51. The molecule has 2 fully saturated rings. The van der Waals surface area contributed by atoms with Crippen molar-refractivity contribution in [2.45, 2.75) is 63.0 Å². The zero-order chi connectivity index (χ0) is 30.6. The predicted molar refractivity (Wildman–Crippen MR) is 157 cm³/mol. The number of hydrogen-bond acceptors (Lipinski definition) is 9. The molecule has 3 heterocycles. The Morgan fingerprint density at radius 3 is 2.53 bits per heavy atom. The molecule has 0 aliphatic carbocycles. The molecule has 5 atom stereocenters. The lowest BCUT2D eigenvalue weighted by atomic mass is 10.0. The summed E-state index contributed by atoms with van der Waals surface area (Å²) in [6.45, 7) is 6.29. The summed E-state index contributed by atoms with van der Waals surface area (Å²) in [5.41, 5.74) is 2.20. The van der Waals surface area contributed by atoms with Crippen LogP contribution < -0.4 is 5.32 Å². The number of ether oxygens (including phenoxy) is 3. The number of carbonyl (C=O) groups excluding carboxylic acids is 1. The fourth-order valence-electron chi connectivity index (χ4n) is 5.48. The van der Waals surface area contributed by atoms with Crippen LogP contribution in [0.5, 0.6) is 0 Å². The van der Waals surface area contributed by atoms with Crippen molar-refractivity contribution in [1.82, 2.24) is 14.6 Å². The molecule has 0 bridgehead atoms. The van der Waals surface area contributed by atoms with Gasteiger partial charge in [-0.1, -0.05) is 56.3 Å². The van der Waals surface area contributed by atoms with E-state index < -0.39 is 34.4 Å². The number of aryl methyl sites for hydroxylation is 1. The van der Waals surface area contributed by atoms with Gasteiger partial charge in [0.2, 0.25) is 10.0 Å². The number of hydrogen-bond donors (Lipinski definition) is 2. The van der Waals surface area contributed by atoms with Gasteiger partial charge in [0.05, 0.1) is 36.2 Å². The average Bonchev–Trinajstić information content (AvgIpc) is 3.72. The average molecular weight is 614 g/mol. The van der Waals surface area contributed by atoms with Gasteiger partial charge >= 0.3 is 6.09 Å². The largest absolute Gasteiger partial charge is 0.449 e. The Morgan fingerprint density at radius 1 is 1.12 bits per heavy atom.